The summed E-state index contributed by atoms with van der Waals surface area (Å²) in [7, 11) is -2.30. The van der Waals surface area contributed by atoms with Crippen molar-refractivity contribution in [2.24, 2.45) is 9.98 Å². The lowest BCUT2D eigenvalue weighted by molar-refractivity contribution is 0.255. The highest BCUT2D eigenvalue weighted by atomic mass is 32.2. The number of aliphatic imine (C=N–C) groups is 2. The van der Waals surface area contributed by atoms with Crippen LogP contribution >= 0.6 is 12.2 Å². The van der Waals surface area contributed by atoms with Crippen LogP contribution in [0.25, 0.3) is 0 Å². The number of phenolic OH excluding ortho intramolecular Hbond substituents is 1. The van der Waals surface area contributed by atoms with Gasteiger partial charge in [0.15, 0.2) is 16.6 Å². The molecule has 15 heteroatoms. The van der Waals surface area contributed by atoms with Gasteiger partial charge in [0, 0.05) is 56.0 Å². The normalized spacial score (nSPS) is 19.5. The molecule has 6 rings (SSSR count). The number of amidine groups is 1. The number of fused-ring (bicyclic) bond motifs is 3. The molecule has 1 fully saturated rings. The largest absolute Gasteiger partial charge is 0.504 e. The van der Waals surface area contributed by atoms with Crippen LogP contribution in [0.2, 0.25) is 0 Å². The number of anilines is 3. The highest BCUT2D eigenvalue weighted by Gasteiger charge is 2.41. The standard InChI is InChI=1S/C26H27N9O4S2/c1-39-21-14-19-18(13-20(21)36)22-23(32-19)29-15-30-24(22)34-9-11-35(12-10-34)26(40)31-16-3-5-17(6-4-16)41(37,38)33-25-27-7-2-8-28-25/h2-8,13-15,22-23,32,36H,9-12H2,1H3,(H,31,40)(H,27,28,33). The zero-order valence-corrected chi connectivity index (χ0v) is 23.6. The van der Waals surface area contributed by atoms with Gasteiger partial charge in [0.25, 0.3) is 10.0 Å². The third-order valence-electron chi connectivity index (χ3n) is 7.10. The maximum atomic E-state index is 12.6. The van der Waals surface area contributed by atoms with Gasteiger partial charge in [-0.3, -0.25) is 0 Å². The fourth-order valence-electron chi connectivity index (χ4n) is 5.06. The first-order chi connectivity index (χ1) is 19.8. The molecule has 1 saturated heterocycles. The van der Waals surface area contributed by atoms with Crippen LogP contribution in [0.5, 0.6) is 11.5 Å². The van der Waals surface area contributed by atoms with E-state index < -0.39 is 10.0 Å². The third kappa shape index (κ3) is 5.32. The number of rotatable bonds is 5. The van der Waals surface area contributed by atoms with E-state index in [4.69, 9.17) is 17.0 Å². The van der Waals surface area contributed by atoms with Gasteiger partial charge in [0.2, 0.25) is 5.95 Å². The minimum Gasteiger partial charge on any atom is -0.504 e. The zero-order chi connectivity index (χ0) is 28.6. The summed E-state index contributed by atoms with van der Waals surface area (Å²) in [5, 5.41) is 17.5. The topological polar surface area (TPSA) is 157 Å². The van der Waals surface area contributed by atoms with Crippen molar-refractivity contribution in [2.45, 2.75) is 17.0 Å². The lowest BCUT2D eigenvalue weighted by Gasteiger charge is -2.40. The van der Waals surface area contributed by atoms with E-state index in [9.17, 15) is 13.5 Å². The van der Waals surface area contributed by atoms with Crippen LogP contribution in [0.1, 0.15) is 11.5 Å². The van der Waals surface area contributed by atoms with E-state index in [0.717, 1.165) is 17.1 Å². The SMILES string of the molecule is COc1cc2c(cc1O)C1C(N3CCN(C(=S)Nc4ccc(S(=O)(=O)Nc5ncccn5)cc4)CC3)=NC=NC1N2. The van der Waals surface area contributed by atoms with Gasteiger partial charge in [-0.15, -0.1) is 0 Å². The predicted octanol–water partition coefficient (Wildman–Crippen LogP) is 2.28. The number of hydrogen-bond acceptors (Lipinski definition) is 11. The van der Waals surface area contributed by atoms with Crippen LogP contribution in [0.3, 0.4) is 0 Å². The second-order valence-electron chi connectivity index (χ2n) is 9.54. The summed E-state index contributed by atoms with van der Waals surface area (Å²) < 4.78 is 32.9. The van der Waals surface area contributed by atoms with E-state index in [-0.39, 0.29) is 28.7 Å². The van der Waals surface area contributed by atoms with E-state index in [1.807, 2.05) is 0 Å². The third-order valence-corrected chi connectivity index (χ3v) is 8.80. The molecule has 13 nitrogen and oxygen atoms in total. The van der Waals surface area contributed by atoms with Crippen LogP contribution in [0.4, 0.5) is 17.3 Å². The summed E-state index contributed by atoms with van der Waals surface area (Å²) in [5.41, 5.74) is 2.47. The van der Waals surface area contributed by atoms with Crippen LogP contribution in [-0.2, 0) is 10.0 Å². The Morgan fingerprint density at radius 1 is 1.12 bits per heavy atom. The summed E-state index contributed by atoms with van der Waals surface area (Å²) >= 11 is 5.66. The first-order valence-corrected chi connectivity index (χ1v) is 14.7. The van der Waals surface area contributed by atoms with Crippen molar-refractivity contribution in [1.29, 1.82) is 0 Å². The van der Waals surface area contributed by atoms with E-state index in [2.05, 4.69) is 45.1 Å². The minimum absolute atomic E-state index is 0.00352. The van der Waals surface area contributed by atoms with E-state index in [1.165, 1.54) is 31.6 Å². The monoisotopic (exact) mass is 593 g/mol. The van der Waals surface area contributed by atoms with Gasteiger partial charge >= 0.3 is 0 Å². The Hall–Kier alpha value is -4.50. The van der Waals surface area contributed by atoms with Gasteiger partial charge in [-0.25, -0.2) is 33.1 Å². The van der Waals surface area contributed by atoms with Crippen molar-refractivity contribution in [3.8, 4) is 11.5 Å². The first kappa shape index (κ1) is 26.7. The Morgan fingerprint density at radius 3 is 2.56 bits per heavy atom. The molecule has 2 unspecified atom stereocenters. The Morgan fingerprint density at radius 2 is 1.85 bits per heavy atom. The smallest absolute Gasteiger partial charge is 0.264 e. The average Bonchev–Trinajstić information content (AvgIpc) is 3.35. The molecule has 2 aromatic carbocycles. The lowest BCUT2D eigenvalue weighted by atomic mass is 9.95. The lowest BCUT2D eigenvalue weighted by Crippen LogP contribution is -2.53. The van der Waals surface area contributed by atoms with Crippen molar-refractivity contribution in [1.82, 2.24) is 19.8 Å². The highest BCUT2D eigenvalue weighted by Crippen LogP contribution is 2.44. The van der Waals surface area contributed by atoms with Crippen molar-refractivity contribution < 1.29 is 18.3 Å². The second-order valence-corrected chi connectivity index (χ2v) is 11.6. The number of phenols is 1. The molecule has 2 atom stereocenters. The number of benzene rings is 2. The molecule has 0 aliphatic carbocycles. The molecule has 4 N–H and O–H groups in total. The summed E-state index contributed by atoms with van der Waals surface area (Å²) in [6.45, 7) is 2.72. The van der Waals surface area contributed by atoms with Crippen molar-refractivity contribution in [3.63, 3.8) is 0 Å². The molecule has 0 amide bonds. The maximum absolute atomic E-state index is 12.6. The number of hydrogen-bond donors (Lipinski definition) is 4. The van der Waals surface area contributed by atoms with E-state index in [1.54, 1.807) is 36.7 Å². The summed E-state index contributed by atoms with van der Waals surface area (Å²) in [6, 6.07) is 11.4. The average molecular weight is 594 g/mol. The maximum Gasteiger partial charge on any atom is 0.264 e. The Bertz CT molecular complexity index is 1620. The Kier molecular flexibility index (Phi) is 7.05. The molecule has 41 heavy (non-hydrogen) atoms. The Labute approximate surface area is 242 Å². The molecule has 1 aromatic heterocycles. The van der Waals surface area contributed by atoms with Gasteiger partial charge < -0.3 is 30.3 Å². The summed E-state index contributed by atoms with van der Waals surface area (Å²) in [4.78, 5) is 21.3. The number of sulfonamides is 1. The minimum atomic E-state index is -3.82. The van der Waals surface area contributed by atoms with Crippen LogP contribution < -0.4 is 20.1 Å². The van der Waals surface area contributed by atoms with Crippen molar-refractivity contribution in [2.75, 3.05) is 48.6 Å². The molecular weight excluding hydrogens is 566 g/mol. The second kappa shape index (κ2) is 10.8. The molecular formula is C26H27N9O4S2. The van der Waals surface area contributed by atoms with Crippen LogP contribution in [0, 0.1) is 0 Å². The van der Waals surface area contributed by atoms with Gasteiger partial charge in [0.1, 0.15) is 18.3 Å². The number of piperazine rings is 1. The van der Waals surface area contributed by atoms with E-state index >= 15 is 0 Å². The summed E-state index contributed by atoms with van der Waals surface area (Å²) in [5.74, 6) is 1.26. The van der Waals surface area contributed by atoms with Crippen LogP contribution in [-0.4, -0.2) is 90.0 Å². The first-order valence-electron chi connectivity index (χ1n) is 12.8. The van der Waals surface area contributed by atoms with Crippen LogP contribution in [0.15, 0.2) is 69.7 Å². The molecule has 3 aromatic rings. The number of aromatic hydroxyl groups is 1. The molecule has 0 radical (unpaired) electrons. The molecule has 0 spiro atoms. The Balaban J connectivity index is 1.07. The summed E-state index contributed by atoms with van der Waals surface area (Å²) in [6.07, 6.45) is 4.30. The van der Waals surface area contributed by atoms with Gasteiger partial charge in [-0.2, -0.15) is 0 Å². The molecule has 0 saturated carbocycles. The molecule has 0 bridgehead atoms. The number of aromatic nitrogens is 2. The molecule has 212 valence electrons. The van der Waals surface area contributed by atoms with Gasteiger partial charge in [-0.05, 0) is 54.2 Å². The van der Waals surface area contributed by atoms with Gasteiger partial charge in [0.05, 0.1) is 17.9 Å². The fourth-order valence-corrected chi connectivity index (χ4v) is 6.32. The van der Waals surface area contributed by atoms with Gasteiger partial charge in [-0.1, -0.05) is 0 Å². The fraction of sp³-hybridized carbons (Fsp3) is 0.269. The molecule has 3 aliphatic heterocycles. The number of nitrogens with zero attached hydrogens (tertiary/aromatic N) is 6. The quantitative estimate of drug-likeness (QED) is 0.254. The number of nitrogens with one attached hydrogen (secondary N) is 3. The van der Waals surface area contributed by atoms with E-state index in [0.29, 0.717) is 42.7 Å². The molecule has 4 heterocycles. The van der Waals surface area contributed by atoms with Crippen molar-refractivity contribution in [3.05, 3.63) is 60.4 Å². The zero-order valence-electron chi connectivity index (χ0n) is 21.9. The number of ether oxygens (including phenoxy) is 1. The highest BCUT2D eigenvalue weighted by molar-refractivity contribution is 7.92. The number of thiocarbonyl (C=S) groups is 1. The predicted molar refractivity (Wildman–Crippen MR) is 159 cm³/mol. The number of methoxy groups -OCH3 is 1. The molecule has 3 aliphatic rings. The van der Waals surface area contributed by atoms with Crippen molar-refractivity contribution >= 4 is 56.9 Å².